The molecule has 0 radical (unpaired) electrons. The Labute approximate surface area is 98.0 Å². The molecule has 0 bridgehead atoms. The number of benzene rings is 1. The third kappa shape index (κ3) is 4.34. The van der Waals surface area contributed by atoms with E-state index in [2.05, 4.69) is 18.8 Å². The highest BCUT2D eigenvalue weighted by molar-refractivity contribution is 5.80. The largest absolute Gasteiger partial charge is 0.369 e. The Kier molecular flexibility index (Phi) is 4.83. The highest BCUT2D eigenvalue weighted by atomic mass is 15.2. The predicted octanol–water partition coefficient (Wildman–Crippen LogP) is 2.61. The molecule has 0 aromatic heterocycles. The fraction of sp³-hybridized carbons (Fsp3) is 0.462. The first-order valence-electron chi connectivity index (χ1n) is 5.70. The van der Waals surface area contributed by atoms with E-state index in [0.717, 1.165) is 18.7 Å². The summed E-state index contributed by atoms with van der Waals surface area (Å²) in [5, 5.41) is 0. The zero-order valence-electron chi connectivity index (χ0n) is 10.4. The number of aliphatic imine (C=N–C) groups is 1. The van der Waals surface area contributed by atoms with Gasteiger partial charge in [0, 0.05) is 13.6 Å². The molecule has 0 saturated heterocycles. The monoisotopic (exact) mass is 219 g/mol. The van der Waals surface area contributed by atoms with E-state index in [1.165, 1.54) is 0 Å². The second-order valence-corrected chi connectivity index (χ2v) is 4.41. The van der Waals surface area contributed by atoms with E-state index in [1.807, 2.05) is 42.3 Å². The van der Waals surface area contributed by atoms with Crippen LogP contribution in [0.1, 0.15) is 20.3 Å². The van der Waals surface area contributed by atoms with E-state index in [4.69, 9.17) is 5.73 Å². The van der Waals surface area contributed by atoms with E-state index in [0.29, 0.717) is 11.9 Å². The van der Waals surface area contributed by atoms with Crippen molar-refractivity contribution in [1.82, 2.24) is 4.90 Å². The summed E-state index contributed by atoms with van der Waals surface area (Å²) in [6, 6.07) is 9.78. The van der Waals surface area contributed by atoms with Gasteiger partial charge in [0.25, 0.3) is 0 Å². The molecule has 0 unspecified atom stereocenters. The van der Waals surface area contributed by atoms with Crippen LogP contribution in [-0.2, 0) is 0 Å². The lowest BCUT2D eigenvalue weighted by atomic mass is 10.1. The first-order chi connectivity index (χ1) is 7.59. The highest BCUT2D eigenvalue weighted by Gasteiger charge is 2.03. The number of para-hydroxylation sites is 1. The maximum Gasteiger partial charge on any atom is 0.196 e. The first-order valence-corrected chi connectivity index (χ1v) is 5.70. The number of hydrogen-bond acceptors (Lipinski definition) is 1. The molecule has 3 nitrogen and oxygen atoms in total. The molecule has 0 atom stereocenters. The van der Waals surface area contributed by atoms with E-state index in [1.54, 1.807) is 0 Å². The number of nitrogens with two attached hydrogens (primary N) is 1. The molecule has 0 amide bonds. The van der Waals surface area contributed by atoms with Crippen LogP contribution >= 0.6 is 0 Å². The van der Waals surface area contributed by atoms with Crippen molar-refractivity contribution in [3.63, 3.8) is 0 Å². The topological polar surface area (TPSA) is 41.6 Å². The average molecular weight is 219 g/mol. The van der Waals surface area contributed by atoms with Crippen molar-refractivity contribution in [1.29, 1.82) is 0 Å². The highest BCUT2D eigenvalue weighted by Crippen LogP contribution is 2.10. The lowest BCUT2D eigenvalue weighted by molar-refractivity contribution is 0.434. The quantitative estimate of drug-likeness (QED) is 0.624. The van der Waals surface area contributed by atoms with Gasteiger partial charge in [-0.1, -0.05) is 32.0 Å². The summed E-state index contributed by atoms with van der Waals surface area (Å²) in [5.74, 6) is 1.26. The molecule has 1 rings (SSSR count). The minimum atomic E-state index is 0.576. The zero-order chi connectivity index (χ0) is 12.0. The standard InChI is InChI=1S/C13H21N3/c1-11(2)9-10-16(3)13(14)15-12-7-5-4-6-8-12/h4-8,11H,9-10H2,1-3H3,(H2,14,15). The van der Waals surface area contributed by atoms with Crippen LogP contribution in [0.3, 0.4) is 0 Å². The maximum atomic E-state index is 5.91. The van der Waals surface area contributed by atoms with Crippen LogP contribution in [0.2, 0.25) is 0 Å². The molecule has 16 heavy (non-hydrogen) atoms. The molecule has 0 heterocycles. The Morgan fingerprint density at radius 3 is 2.50 bits per heavy atom. The Hall–Kier alpha value is -1.51. The van der Waals surface area contributed by atoms with Crippen molar-refractivity contribution in [2.75, 3.05) is 13.6 Å². The number of hydrogen-bond donors (Lipinski definition) is 1. The Bertz CT molecular complexity index is 330. The molecule has 0 saturated carbocycles. The SMILES string of the molecule is CC(C)CCN(C)C(N)=Nc1ccccc1. The van der Waals surface area contributed by atoms with Crippen LogP contribution < -0.4 is 5.73 Å². The summed E-state index contributed by atoms with van der Waals surface area (Å²) in [7, 11) is 1.98. The van der Waals surface area contributed by atoms with Crippen LogP contribution in [0.25, 0.3) is 0 Å². The smallest absolute Gasteiger partial charge is 0.196 e. The Morgan fingerprint density at radius 1 is 1.31 bits per heavy atom. The van der Waals surface area contributed by atoms with Crippen LogP contribution in [0.5, 0.6) is 0 Å². The molecule has 2 N–H and O–H groups in total. The van der Waals surface area contributed by atoms with Crippen LogP contribution in [0, 0.1) is 5.92 Å². The van der Waals surface area contributed by atoms with Gasteiger partial charge < -0.3 is 10.6 Å². The van der Waals surface area contributed by atoms with Gasteiger partial charge >= 0.3 is 0 Å². The first kappa shape index (κ1) is 12.6. The second-order valence-electron chi connectivity index (χ2n) is 4.41. The summed E-state index contributed by atoms with van der Waals surface area (Å²) in [6.07, 6.45) is 1.13. The molecule has 88 valence electrons. The average Bonchev–Trinajstić information content (AvgIpc) is 2.27. The van der Waals surface area contributed by atoms with E-state index < -0.39 is 0 Å². The fourth-order valence-corrected chi connectivity index (χ4v) is 1.29. The summed E-state index contributed by atoms with van der Waals surface area (Å²) in [6.45, 7) is 5.36. The van der Waals surface area contributed by atoms with Gasteiger partial charge in [-0.2, -0.15) is 0 Å². The lowest BCUT2D eigenvalue weighted by Crippen LogP contribution is -2.34. The molecule has 0 fully saturated rings. The summed E-state index contributed by atoms with van der Waals surface area (Å²) in [4.78, 5) is 6.35. The molecular weight excluding hydrogens is 198 g/mol. The second kappa shape index (κ2) is 6.16. The van der Waals surface area contributed by atoms with Crippen molar-refractivity contribution in [3.05, 3.63) is 30.3 Å². The molecule has 0 aliphatic heterocycles. The zero-order valence-corrected chi connectivity index (χ0v) is 10.4. The van der Waals surface area contributed by atoms with Gasteiger partial charge in [-0.3, -0.25) is 0 Å². The van der Waals surface area contributed by atoms with Crippen LogP contribution in [0.4, 0.5) is 5.69 Å². The molecular formula is C13H21N3. The summed E-state index contributed by atoms with van der Waals surface area (Å²) >= 11 is 0. The third-order valence-electron chi connectivity index (χ3n) is 2.43. The molecule has 0 aliphatic carbocycles. The molecule has 3 heteroatoms. The van der Waals surface area contributed by atoms with Gasteiger partial charge in [0.2, 0.25) is 0 Å². The van der Waals surface area contributed by atoms with Crippen molar-refractivity contribution < 1.29 is 0 Å². The van der Waals surface area contributed by atoms with Crippen molar-refractivity contribution in [2.45, 2.75) is 20.3 Å². The van der Waals surface area contributed by atoms with Crippen molar-refractivity contribution in [2.24, 2.45) is 16.6 Å². The minimum Gasteiger partial charge on any atom is -0.369 e. The van der Waals surface area contributed by atoms with Gasteiger partial charge in [-0.05, 0) is 24.5 Å². The van der Waals surface area contributed by atoms with Crippen molar-refractivity contribution in [3.8, 4) is 0 Å². The van der Waals surface area contributed by atoms with Gasteiger partial charge in [0.15, 0.2) is 5.96 Å². The fourth-order valence-electron chi connectivity index (χ4n) is 1.29. The van der Waals surface area contributed by atoms with E-state index in [9.17, 15) is 0 Å². The van der Waals surface area contributed by atoms with Crippen LogP contribution in [0.15, 0.2) is 35.3 Å². The van der Waals surface area contributed by atoms with Crippen molar-refractivity contribution >= 4 is 11.6 Å². The molecule has 0 aliphatic rings. The van der Waals surface area contributed by atoms with Crippen LogP contribution in [-0.4, -0.2) is 24.5 Å². The number of nitrogens with zero attached hydrogens (tertiary/aromatic N) is 2. The Morgan fingerprint density at radius 2 is 1.94 bits per heavy atom. The van der Waals surface area contributed by atoms with Gasteiger partial charge in [-0.25, -0.2) is 4.99 Å². The number of guanidine groups is 1. The Balaban J connectivity index is 2.56. The molecule has 1 aromatic rings. The third-order valence-corrected chi connectivity index (χ3v) is 2.43. The van der Waals surface area contributed by atoms with Gasteiger partial charge in [-0.15, -0.1) is 0 Å². The maximum absolute atomic E-state index is 5.91. The lowest BCUT2D eigenvalue weighted by Gasteiger charge is -2.18. The van der Waals surface area contributed by atoms with Gasteiger partial charge in [0.1, 0.15) is 0 Å². The normalized spacial score (nSPS) is 11.9. The summed E-state index contributed by atoms with van der Waals surface area (Å²) in [5.41, 5.74) is 6.81. The molecule has 0 spiro atoms. The van der Waals surface area contributed by atoms with E-state index >= 15 is 0 Å². The van der Waals surface area contributed by atoms with Gasteiger partial charge in [0.05, 0.1) is 5.69 Å². The molecule has 1 aromatic carbocycles. The minimum absolute atomic E-state index is 0.576. The summed E-state index contributed by atoms with van der Waals surface area (Å²) < 4.78 is 0. The van der Waals surface area contributed by atoms with E-state index in [-0.39, 0.29) is 0 Å². The number of rotatable bonds is 4. The predicted molar refractivity (Wildman–Crippen MR) is 69.8 cm³/mol.